The molecule has 2 heterocycles. The van der Waals surface area contributed by atoms with Gasteiger partial charge in [-0.25, -0.2) is 4.98 Å². The molecule has 0 bridgehead atoms. The molecule has 136 valence electrons. The van der Waals surface area contributed by atoms with E-state index in [0.29, 0.717) is 17.4 Å². The summed E-state index contributed by atoms with van der Waals surface area (Å²) in [6, 6.07) is 7.93. The van der Waals surface area contributed by atoms with Crippen molar-refractivity contribution in [1.82, 2.24) is 9.88 Å². The molecule has 1 N–H and O–H groups in total. The first-order chi connectivity index (χ1) is 12.5. The number of carbonyl (C=O) groups is 3. The summed E-state index contributed by atoms with van der Waals surface area (Å²) in [5.74, 6) is -0.402. The van der Waals surface area contributed by atoms with Gasteiger partial charge in [-0.2, -0.15) is 0 Å². The number of hydrogen-bond acceptors (Lipinski definition) is 7. The minimum Gasteiger partial charge on any atom is -0.454 e. The van der Waals surface area contributed by atoms with Crippen molar-refractivity contribution in [1.29, 1.82) is 0 Å². The van der Waals surface area contributed by atoms with Crippen LogP contribution in [0.4, 0.5) is 9.93 Å². The molecular formula is C17H17N3O4S2. The molecule has 2 aromatic rings. The summed E-state index contributed by atoms with van der Waals surface area (Å²) < 4.78 is 4.91. The molecule has 1 aromatic carbocycles. The van der Waals surface area contributed by atoms with Crippen molar-refractivity contribution in [3.63, 3.8) is 0 Å². The zero-order valence-electron chi connectivity index (χ0n) is 14.1. The lowest BCUT2D eigenvalue weighted by Gasteiger charge is -2.13. The third kappa shape index (κ3) is 4.83. The Morgan fingerprint density at radius 1 is 1.31 bits per heavy atom. The summed E-state index contributed by atoms with van der Waals surface area (Å²) in [5.41, 5.74) is 2.90. The van der Waals surface area contributed by atoms with Crippen LogP contribution in [-0.4, -0.2) is 52.4 Å². The van der Waals surface area contributed by atoms with Crippen molar-refractivity contribution in [2.45, 2.75) is 6.92 Å². The number of nitrogens with one attached hydrogen (secondary N) is 1. The predicted octanol–water partition coefficient (Wildman–Crippen LogP) is 2.77. The highest BCUT2D eigenvalue weighted by Crippen LogP contribution is 2.25. The van der Waals surface area contributed by atoms with Gasteiger partial charge in [0.15, 0.2) is 11.7 Å². The van der Waals surface area contributed by atoms with E-state index in [-0.39, 0.29) is 11.8 Å². The number of aryl methyl sites for hydroxylation is 1. The molecular weight excluding hydrogens is 374 g/mol. The molecule has 1 aliphatic heterocycles. The fourth-order valence-corrected chi connectivity index (χ4v) is 3.82. The molecule has 26 heavy (non-hydrogen) atoms. The molecule has 0 spiro atoms. The molecule has 1 fully saturated rings. The van der Waals surface area contributed by atoms with Gasteiger partial charge in [0.2, 0.25) is 0 Å². The molecule has 1 aliphatic rings. The van der Waals surface area contributed by atoms with Crippen LogP contribution in [-0.2, 0) is 14.3 Å². The third-order valence-electron chi connectivity index (χ3n) is 3.63. The first-order valence-electron chi connectivity index (χ1n) is 7.91. The number of carbonyl (C=O) groups excluding carboxylic acids is 3. The minimum atomic E-state index is -0.601. The zero-order chi connectivity index (χ0) is 18.5. The van der Waals surface area contributed by atoms with Gasteiger partial charge in [0, 0.05) is 23.2 Å². The smallest absolute Gasteiger partial charge is 0.326 e. The van der Waals surface area contributed by atoms with Gasteiger partial charge in [0.05, 0.1) is 5.69 Å². The average molecular weight is 391 g/mol. The van der Waals surface area contributed by atoms with Gasteiger partial charge < -0.3 is 9.64 Å². The van der Waals surface area contributed by atoms with Gasteiger partial charge in [-0.1, -0.05) is 41.6 Å². The van der Waals surface area contributed by atoms with Crippen LogP contribution in [0.5, 0.6) is 0 Å². The Balaban J connectivity index is 1.47. The summed E-state index contributed by atoms with van der Waals surface area (Å²) in [7, 11) is 0. The quantitative estimate of drug-likeness (QED) is 0.762. The second-order valence-corrected chi connectivity index (χ2v) is 7.55. The SMILES string of the molecule is Cc1ccc(-c2csc(NC(=O)COC(=O)CN3CCSC3=O)n2)cc1. The lowest BCUT2D eigenvalue weighted by Crippen LogP contribution is -2.32. The first-order valence-corrected chi connectivity index (χ1v) is 9.77. The van der Waals surface area contributed by atoms with Crippen molar-refractivity contribution < 1.29 is 19.1 Å². The normalized spacial score (nSPS) is 13.7. The van der Waals surface area contributed by atoms with E-state index in [0.717, 1.165) is 16.8 Å². The van der Waals surface area contributed by atoms with Crippen LogP contribution < -0.4 is 5.32 Å². The maximum Gasteiger partial charge on any atom is 0.326 e. The zero-order valence-corrected chi connectivity index (χ0v) is 15.7. The summed E-state index contributed by atoms with van der Waals surface area (Å²) in [6.45, 7) is 1.99. The Kier molecular flexibility index (Phi) is 5.89. The number of benzene rings is 1. The van der Waals surface area contributed by atoms with Crippen LogP contribution in [0, 0.1) is 6.92 Å². The summed E-state index contributed by atoms with van der Waals surface area (Å²) in [5, 5.41) is 4.75. The van der Waals surface area contributed by atoms with Gasteiger partial charge in [-0.3, -0.25) is 19.7 Å². The highest BCUT2D eigenvalue weighted by molar-refractivity contribution is 8.13. The molecule has 9 heteroatoms. The van der Waals surface area contributed by atoms with E-state index in [9.17, 15) is 14.4 Å². The topological polar surface area (TPSA) is 88.6 Å². The number of thioether (sulfide) groups is 1. The van der Waals surface area contributed by atoms with Gasteiger partial charge in [-0.05, 0) is 6.92 Å². The molecule has 2 amide bonds. The number of amides is 2. The van der Waals surface area contributed by atoms with Crippen molar-refractivity contribution in [2.24, 2.45) is 0 Å². The molecule has 0 aliphatic carbocycles. The number of anilines is 1. The molecule has 0 radical (unpaired) electrons. The van der Waals surface area contributed by atoms with Gasteiger partial charge in [-0.15, -0.1) is 11.3 Å². The predicted molar refractivity (Wildman–Crippen MR) is 101 cm³/mol. The van der Waals surface area contributed by atoms with E-state index in [1.165, 1.54) is 28.0 Å². The maximum absolute atomic E-state index is 11.9. The van der Waals surface area contributed by atoms with Gasteiger partial charge in [0.1, 0.15) is 6.54 Å². The van der Waals surface area contributed by atoms with Gasteiger partial charge in [0.25, 0.3) is 11.1 Å². The maximum atomic E-state index is 11.9. The lowest BCUT2D eigenvalue weighted by molar-refractivity contribution is -0.147. The fraction of sp³-hybridized carbons (Fsp3) is 0.294. The van der Waals surface area contributed by atoms with Crippen LogP contribution in [0.1, 0.15) is 5.56 Å². The molecule has 0 saturated carbocycles. The number of thiazole rings is 1. The Hall–Kier alpha value is -2.39. The van der Waals surface area contributed by atoms with E-state index in [2.05, 4.69) is 10.3 Å². The summed E-state index contributed by atoms with van der Waals surface area (Å²) in [6.07, 6.45) is 0. The van der Waals surface area contributed by atoms with Crippen LogP contribution >= 0.6 is 23.1 Å². The number of nitrogens with zero attached hydrogens (tertiary/aromatic N) is 2. The van der Waals surface area contributed by atoms with E-state index in [1.54, 1.807) is 0 Å². The van der Waals surface area contributed by atoms with E-state index < -0.39 is 18.5 Å². The van der Waals surface area contributed by atoms with Gasteiger partial charge >= 0.3 is 5.97 Å². The molecule has 0 atom stereocenters. The minimum absolute atomic E-state index is 0.131. The molecule has 7 nitrogen and oxygen atoms in total. The molecule has 3 rings (SSSR count). The largest absolute Gasteiger partial charge is 0.454 e. The van der Waals surface area contributed by atoms with Crippen LogP contribution in [0.15, 0.2) is 29.6 Å². The highest BCUT2D eigenvalue weighted by atomic mass is 32.2. The number of ether oxygens (including phenoxy) is 1. The summed E-state index contributed by atoms with van der Waals surface area (Å²) in [4.78, 5) is 40.8. The third-order valence-corrected chi connectivity index (χ3v) is 5.28. The van der Waals surface area contributed by atoms with Crippen molar-refractivity contribution >= 4 is 45.3 Å². The highest BCUT2D eigenvalue weighted by Gasteiger charge is 2.24. The van der Waals surface area contributed by atoms with E-state index in [1.807, 2.05) is 36.6 Å². The van der Waals surface area contributed by atoms with Crippen LogP contribution in [0.3, 0.4) is 0 Å². The Morgan fingerprint density at radius 2 is 2.08 bits per heavy atom. The monoisotopic (exact) mass is 391 g/mol. The lowest BCUT2D eigenvalue weighted by atomic mass is 10.1. The van der Waals surface area contributed by atoms with E-state index >= 15 is 0 Å². The number of esters is 1. The van der Waals surface area contributed by atoms with Crippen molar-refractivity contribution in [2.75, 3.05) is 30.8 Å². The summed E-state index contributed by atoms with van der Waals surface area (Å²) >= 11 is 2.47. The average Bonchev–Trinajstić information content (AvgIpc) is 3.23. The fourth-order valence-electron chi connectivity index (χ4n) is 2.26. The molecule has 0 unspecified atom stereocenters. The van der Waals surface area contributed by atoms with Crippen LogP contribution in [0.25, 0.3) is 11.3 Å². The first kappa shape index (κ1) is 18.4. The Labute approximate surface area is 158 Å². The number of hydrogen-bond donors (Lipinski definition) is 1. The Bertz CT molecular complexity index is 820. The van der Waals surface area contributed by atoms with Crippen molar-refractivity contribution in [3.8, 4) is 11.3 Å². The molecule has 1 saturated heterocycles. The van der Waals surface area contributed by atoms with Crippen molar-refractivity contribution in [3.05, 3.63) is 35.2 Å². The second-order valence-electron chi connectivity index (χ2n) is 5.65. The second kappa shape index (κ2) is 8.33. The van der Waals surface area contributed by atoms with E-state index in [4.69, 9.17) is 4.74 Å². The Morgan fingerprint density at radius 3 is 2.77 bits per heavy atom. The van der Waals surface area contributed by atoms with Crippen LogP contribution in [0.2, 0.25) is 0 Å². The number of rotatable bonds is 6. The molecule has 1 aromatic heterocycles. The standard InChI is InChI=1S/C17H17N3O4S2/c1-11-2-4-12(5-3-11)13-10-26-16(18-13)19-14(21)9-24-15(22)8-20-6-7-25-17(20)23/h2-5,10H,6-9H2,1H3,(H,18,19,21). The number of aromatic nitrogens is 1.